The van der Waals surface area contributed by atoms with Crippen molar-refractivity contribution in [3.63, 3.8) is 0 Å². The van der Waals surface area contributed by atoms with Crippen LogP contribution in [-0.4, -0.2) is 12.1 Å². The highest BCUT2D eigenvalue weighted by Gasteiger charge is 2.48. The summed E-state index contributed by atoms with van der Waals surface area (Å²) in [6, 6.07) is 0. The fourth-order valence-corrected chi connectivity index (χ4v) is 3.22. The second-order valence-corrected chi connectivity index (χ2v) is 9.96. The Morgan fingerprint density at radius 2 is 1.26 bits per heavy atom. The summed E-state index contributed by atoms with van der Waals surface area (Å²) in [6.07, 6.45) is 2.91. The summed E-state index contributed by atoms with van der Waals surface area (Å²) in [5.74, 6) is 0.769. The molecular formula is C21H42O2. The lowest BCUT2D eigenvalue weighted by molar-refractivity contribution is -0.176. The first-order valence-electron chi connectivity index (χ1n) is 9.40. The van der Waals surface area contributed by atoms with Gasteiger partial charge in [-0.15, -0.1) is 0 Å². The molecule has 0 aliphatic rings. The molecule has 138 valence electrons. The van der Waals surface area contributed by atoms with Gasteiger partial charge >= 0.3 is 5.97 Å². The quantitative estimate of drug-likeness (QED) is 0.500. The summed E-state index contributed by atoms with van der Waals surface area (Å²) in [4.78, 5) is 13.2. The van der Waals surface area contributed by atoms with E-state index in [4.69, 9.17) is 4.74 Å². The standard InChI is InChI=1S/C21H42O2/c1-12-15(3)17(16(4)13-2)23-18(22)21(11,20(8,9)10)14-19(5,6)7/h15-17H,12-14H2,1-11H3. The average Bonchev–Trinajstić information content (AvgIpc) is 2.39. The van der Waals surface area contributed by atoms with Crippen LogP contribution in [-0.2, 0) is 9.53 Å². The van der Waals surface area contributed by atoms with Gasteiger partial charge in [0.05, 0.1) is 5.41 Å². The van der Waals surface area contributed by atoms with E-state index in [9.17, 15) is 4.79 Å². The van der Waals surface area contributed by atoms with Gasteiger partial charge in [0.1, 0.15) is 6.10 Å². The average molecular weight is 327 g/mol. The third-order valence-corrected chi connectivity index (χ3v) is 5.64. The first-order valence-corrected chi connectivity index (χ1v) is 9.40. The van der Waals surface area contributed by atoms with Gasteiger partial charge in [-0.25, -0.2) is 0 Å². The number of rotatable bonds is 7. The molecule has 0 radical (unpaired) electrons. The number of carbonyl (C=O) groups is 1. The van der Waals surface area contributed by atoms with E-state index in [2.05, 4.69) is 76.2 Å². The van der Waals surface area contributed by atoms with Crippen LogP contribution in [0.2, 0.25) is 0 Å². The molecule has 0 fully saturated rings. The molecule has 0 aromatic heterocycles. The third-order valence-electron chi connectivity index (χ3n) is 5.64. The Morgan fingerprint density at radius 3 is 1.52 bits per heavy atom. The minimum Gasteiger partial charge on any atom is -0.461 e. The third kappa shape index (κ3) is 6.12. The molecule has 0 saturated carbocycles. The smallest absolute Gasteiger partial charge is 0.312 e. The van der Waals surface area contributed by atoms with Crippen molar-refractivity contribution in [2.75, 3.05) is 0 Å². The minimum atomic E-state index is -0.482. The van der Waals surface area contributed by atoms with E-state index in [1.807, 2.05) is 0 Å². The summed E-state index contributed by atoms with van der Waals surface area (Å²) in [5.41, 5.74) is -0.527. The van der Waals surface area contributed by atoms with Gasteiger partial charge in [0, 0.05) is 0 Å². The topological polar surface area (TPSA) is 26.3 Å². The Morgan fingerprint density at radius 1 is 0.870 bits per heavy atom. The SMILES string of the molecule is CCC(C)C(OC(=O)C(C)(CC(C)(C)C)C(C)(C)C)C(C)CC. The van der Waals surface area contributed by atoms with Gasteiger partial charge in [-0.3, -0.25) is 4.79 Å². The monoisotopic (exact) mass is 326 g/mol. The molecule has 3 unspecified atom stereocenters. The van der Waals surface area contributed by atoms with Crippen molar-refractivity contribution in [3.05, 3.63) is 0 Å². The van der Waals surface area contributed by atoms with E-state index in [-0.39, 0.29) is 22.9 Å². The van der Waals surface area contributed by atoms with Crippen LogP contribution in [0.15, 0.2) is 0 Å². The molecule has 0 N–H and O–H groups in total. The van der Waals surface area contributed by atoms with Gasteiger partial charge in [-0.05, 0) is 36.0 Å². The molecule has 3 atom stereocenters. The highest BCUT2D eigenvalue weighted by atomic mass is 16.5. The zero-order valence-electron chi connectivity index (χ0n) is 17.7. The summed E-state index contributed by atoms with van der Waals surface area (Å²) in [5, 5.41) is 0. The second kappa shape index (κ2) is 8.03. The summed E-state index contributed by atoms with van der Waals surface area (Å²) in [7, 11) is 0. The number of carbonyl (C=O) groups excluding carboxylic acids is 1. The fourth-order valence-electron chi connectivity index (χ4n) is 3.22. The van der Waals surface area contributed by atoms with E-state index in [1.165, 1.54) is 0 Å². The molecule has 0 heterocycles. The summed E-state index contributed by atoms with van der Waals surface area (Å²) >= 11 is 0. The maximum atomic E-state index is 13.2. The van der Waals surface area contributed by atoms with Crippen LogP contribution in [0, 0.1) is 28.1 Å². The molecule has 0 saturated heterocycles. The van der Waals surface area contributed by atoms with Crippen LogP contribution in [0.1, 0.15) is 95.4 Å². The molecular weight excluding hydrogens is 284 g/mol. The fraction of sp³-hybridized carbons (Fsp3) is 0.952. The van der Waals surface area contributed by atoms with E-state index >= 15 is 0 Å². The zero-order valence-corrected chi connectivity index (χ0v) is 17.7. The Balaban J connectivity index is 5.53. The highest BCUT2D eigenvalue weighted by Crippen LogP contribution is 2.48. The lowest BCUT2D eigenvalue weighted by Gasteiger charge is -2.44. The first kappa shape index (κ1) is 22.5. The highest BCUT2D eigenvalue weighted by molar-refractivity contribution is 5.77. The maximum Gasteiger partial charge on any atom is 0.312 e. The Hall–Kier alpha value is -0.530. The van der Waals surface area contributed by atoms with E-state index in [0.29, 0.717) is 11.8 Å². The van der Waals surface area contributed by atoms with Crippen molar-refractivity contribution < 1.29 is 9.53 Å². The molecule has 0 aromatic rings. The molecule has 0 aromatic carbocycles. The molecule has 0 bridgehead atoms. The predicted octanol–water partition coefficient (Wildman–Crippen LogP) is 6.48. The van der Waals surface area contributed by atoms with Crippen LogP contribution in [0.5, 0.6) is 0 Å². The van der Waals surface area contributed by atoms with Gasteiger partial charge in [0.15, 0.2) is 0 Å². The number of esters is 1. The molecule has 23 heavy (non-hydrogen) atoms. The van der Waals surface area contributed by atoms with Gasteiger partial charge in [-0.2, -0.15) is 0 Å². The molecule has 0 aliphatic carbocycles. The van der Waals surface area contributed by atoms with Crippen LogP contribution >= 0.6 is 0 Å². The molecule has 2 heteroatoms. The summed E-state index contributed by atoms with van der Waals surface area (Å²) in [6.45, 7) is 23.9. The van der Waals surface area contributed by atoms with Crippen LogP contribution in [0.4, 0.5) is 0 Å². The van der Waals surface area contributed by atoms with E-state index in [1.54, 1.807) is 0 Å². The lowest BCUT2D eigenvalue weighted by Crippen LogP contribution is -2.47. The molecule has 0 spiro atoms. The van der Waals surface area contributed by atoms with Gasteiger partial charge in [0.25, 0.3) is 0 Å². The van der Waals surface area contributed by atoms with Crippen LogP contribution < -0.4 is 0 Å². The molecule has 2 nitrogen and oxygen atoms in total. The number of hydrogen-bond acceptors (Lipinski definition) is 2. The number of ether oxygens (including phenoxy) is 1. The molecule has 0 amide bonds. The van der Waals surface area contributed by atoms with Crippen molar-refractivity contribution in [2.24, 2.45) is 28.1 Å². The van der Waals surface area contributed by atoms with Gasteiger partial charge < -0.3 is 4.74 Å². The van der Waals surface area contributed by atoms with E-state index in [0.717, 1.165) is 19.3 Å². The normalized spacial score (nSPS) is 19.6. The first-order chi connectivity index (χ1) is 10.2. The zero-order chi connectivity index (χ0) is 18.6. The predicted molar refractivity (Wildman–Crippen MR) is 100 cm³/mol. The van der Waals surface area contributed by atoms with Crippen molar-refractivity contribution in [1.29, 1.82) is 0 Å². The van der Waals surface area contributed by atoms with Crippen molar-refractivity contribution >= 4 is 5.97 Å². The van der Waals surface area contributed by atoms with Crippen LogP contribution in [0.3, 0.4) is 0 Å². The van der Waals surface area contributed by atoms with Crippen molar-refractivity contribution in [2.45, 2.75) is 102 Å². The lowest BCUT2D eigenvalue weighted by atomic mass is 9.61. The molecule has 0 rings (SSSR count). The Bertz CT molecular complexity index is 362. The largest absolute Gasteiger partial charge is 0.461 e. The van der Waals surface area contributed by atoms with E-state index < -0.39 is 5.41 Å². The van der Waals surface area contributed by atoms with Crippen LogP contribution in [0.25, 0.3) is 0 Å². The Kier molecular flexibility index (Phi) is 7.85. The van der Waals surface area contributed by atoms with Crippen molar-refractivity contribution in [3.8, 4) is 0 Å². The minimum absolute atomic E-state index is 0.0131. The van der Waals surface area contributed by atoms with Gasteiger partial charge in [0.2, 0.25) is 0 Å². The molecule has 0 aliphatic heterocycles. The van der Waals surface area contributed by atoms with Gasteiger partial charge in [-0.1, -0.05) is 82.1 Å². The number of hydrogen-bond donors (Lipinski definition) is 0. The second-order valence-electron chi connectivity index (χ2n) is 9.96. The maximum absolute atomic E-state index is 13.2. The summed E-state index contributed by atoms with van der Waals surface area (Å²) < 4.78 is 6.15. The van der Waals surface area contributed by atoms with Crippen molar-refractivity contribution in [1.82, 2.24) is 0 Å². The Labute approximate surface area is 145 Å².